The van der Waals surface area contributed by atoms with Crippen molar-refractivity contribution in [2.45, 2.75) is 32.2 Å². The second-order valence-electron chi connectivity index (χ2n) is 4.27. The molecule has 0 spiro atoms. The van der Waals surface area contributed by atoms with Gasteiger partial charge in [0, 0.05) is 11.6 Å². The highest BCUT2D eigenvalue weighted by molar-refractivity contribution is 7.80. The molecule has 2 nitrogen and oxygen atoms in total. The van der Waals surface area contributed by atoms with Crippen molar-refractivity contribution in [1.82, 2.24) is 0 Å². The van der Waals surface area contributed by atoms with Crippen molar-refractivity contribution in [3.05, 3.63) is 29.3 Å². The van der Waals surface area contributed by atoms with Crippen LogP contribution >= 0.6 is 12.6 Å². The fourth-order valence-corrected chi connectivity index (χ4v) is 1.97. The molecule has 1 aromatic carbocycles. The quantitative estimate of drug-likeness (QED) is 0.774. The molecule has 0 bridgehead atoms. The predicted octanol–water partition coefficient (Wildman–Crippen LogP) is 3.14. The van der Waals surface area contributed by atoms with Crippen molar-refractivity contribution in [1.29, 1.82) is 0 Å². The van der Waals surface area contributed by atoms with E-state index in [4.69, 9.17) is 10.5 Å². The number of ether oxygens (including phenoxy) is 1. The third-order valence-corrected chi connectivity index (χ3v) is 3.02. The second kappa shape index (κ2) is 6.16. The van der Waals surface area contributed by atoms with Crippen LogP contribution in [0.2, 0.25) is 0 Å². The van der Waals surface area contributed by atoms with Crippen molar-refractivity contribution in [3.8, 4) is 5.75 Å². The van der Waals surface area contributed by atoms with E-state index in [-0.39, 0.29) is 6.04 Å². The van der Waals surface area contributed by atoms with Crippen LogP contribution in [0.1, 0.15) is 43.4 Å². The Morgan fingerprint density at radius 2 is 2.06 bits per heavy atom. The van der Waals surface area contributed by atoms with E-state index in [0.29, 0.717) is 5.92 Å². The SMILES string of the molecule is COc1cc(C(C)C)ccc1C(N)CCS. The second-order valence-corrected chi connectivity index (χ2v) is 4.72. The van der Waals surface area contributed by atoms with Crippen LogP contribution in [0.5, 0.6) is 5.75 Å². The lowest BCUT2D eigenvalue weighted by molar-refractivity contribution is 0.404. The molecule has 0 aliphatic carbocycles. The molecule has 16 heavy (non-hydrogen) atoms. The Balaban J connectivity index is 3.01. The average molecular weight is 239 g/mol. The van der Waals surface area contributed by atoms with Crippen LogP contribution in [-0.2, 0) is 0 Å². The number of rotatable bonds is 5. The van der Waals surface area contributed by atoms with Gasteiger partial charge < -0.3 is 10.5 Å². The Bertz CT molecular complexity index is 339. The molecule has 1 rings (SSSR count). The molecule has 0 aliphatic rings. The Labute approximate surface area is 104 Å². The van der Waals surface area contributed by atoms with Gasteiger partial charge in [0.25, 0.3) is 0 Å². The molecule has 3 heteroatoms. The number of thiol groups is 1. The summed E-state index contributed by atoms with van der Waals surface area (Å²) in [6.45, 7) is 4.34. The first-order chi connectivity index (χ1) is 7.60. The first-order valence-corrected chi connectivity index (χ1v) is 6.27. The first kappa shape index (κ1) is 13.4. The smallest absolute Gasteiger partial charge is 0.123 e. The summed E-state index contributed by atoms with van der Waals surface area (Å²) in [5.41, 5.74) is 8.43. The molecule has 0 aliphatic heterocycles. The van der Waals surface area contributed by atoms with E-state index >= 15 is 0 Å². The highest BCUT2D eigenvalue weighted by Crippen LogP contribution is 2.29. The maximum Gasteiger partial charge on any atom is 0.123 e. The minimum Gasteiger partial charge on any atom is -0.496 e. The molecule has 0 saturated heterocycles. The maximum absolute atomic E-state index is 6.08. The summed E-state index contributed by atoms with van der Waals surface area (Å²) < 4.78 is 5.40. The zero-order valence-corrected chi connectivity index (χ0v) is 11.1. The Morgan fingerprint density at radius 3 is 2.56 bits per heavy atom. The highest BCUT2D eigenvalue weighted by Gasteiger charge is 2.12. The monoisotopic (exact) mass is 239 g/mol. The fraction of sp³-hybridized carbons (Fsp3) is 0.538. The van der Waals surface area contributed by atoms with Crippen LogP contribution in [0.4, 0.5) is 0 Å². The van der Waals surface area contributed by atoms with Gasteiger partial charge in [-0.15, -0.1) is 0 Å². The third kappa shape index (κ3) is 3.16. The van der Waals surface area contributed by atoms with Gasteiger partial charge in [0.05, 0.1) is 7.11 Å². The highest BCUT2D eigenvalue weighted by atomic mass is 32.1. The number of nitrogens with two attached hydrogens (primary N) is 1. The van der Waals surface area contributed by atoms with Gasteiger partial charge in [-0.25, -0.2) is 0 Å². The summed E-state index contributed by atoms with van der Waals surface area (Å²) in [4.78, 5) is 0. The van der Waals surface area contributed by atoms with E-state index in [1.165, 1.54) is 5.56 Å². The Hall–Kier alpha value is -0.670. The summed E-state index contributed by atoms with van der Waals surface area (Å²) >= 11 is 4.21. The molecule has 90 valence electrons. The Morgan fingerprint density at radius 1 is 1.38 bits per heavy atom. The zero-order valence-electron chi connectivity index (χ0n) is 10.2. The van der Waals surface area contributed by atoms with Crippen LogP contribution in [0.15, 0.2) is 18.2 Å². The van der Waals surface area contributed by atoms with Gasteiger partial charge in [-0.1, -0.05) is 26.0 Å². The molecular formula is C13H21NOS. The Kier molecular flexibility index (Phi) is 5.16. The van der Waals surface area contributed by atoms with Crippen molar-refractivity contribution in [2.24, 2.45) is 5.73 Å². The lowest BCUT2D eigenvalue weighted by Gasteiger charge is -2.17. The lowest BCUT2D eigenvalue weighted by atomic mass is 9.97. The minimum atomic E-state index is 0.00802. The molecule has 0 fully saturated rings. The molecule has 0 saturated carbocycles. The van der Waals surface area contributed by atoms with E-state index in [1.807, 2.05) is 0 Å². The first-order valence-electron chi connectivity index (χ1n) is 5.64. The van der Waals surface area contributed by atoms with Gasteiger partial charge in [0.15, 0.2) is 0 Å². The van der Waals surface area contributed by atoms with E-state index in [1.54, 1.807) is 7.11 Å². The van der Waals surface area contributed by atoms with Crippen molar-refractivity contribution in [3.63, 3.8) is 0 Å². The lowest BCUT2D eigenvalue weighted by Crippen LogP contribution is -2.12. The summed E-state index contributed by atoms with van der Waals surface area (Å²) in [6, 6.07) is 6.29. The largest absolute Gasteiger partial charge is 0.496 e. The number of hydrogen-bond acceptors (Lipinski definition) is 3. The van der Waals surface area contributed by atoms with Crippen molar-refractivity contribution < 1.29 is 4.74 Å². The van der Waals surface area contributed by atoms with E-state index in [9.17, 15) is 0 Å². The number of methoxy groups -OCH3 is 1. The van der Waals surface area contributed by atoms with Crippen molar-refractivity contribution in [2.75, 3.05) is 12.9 Å². The van der Waals surface area contributed by atoms with Crippen LogP contribution in [0.3, 0.4) is 0 Å². The number of hydrogen-bond donors (Lipinski definition) is 2. The predicted molar refractivity (Wildman–Crippen MR) is 72.5 cm³/mol. The van der Waals surface area contributed by atoms with Gasteiger partial charge in [0.2, 0.25) is 0 Å². The van der Waals surface area contributed by atoms with Gasteiger partial charge in [-0.2, -0.15) is 12.6 Å². The van der Waals surface area contributed by atoms with Crippen LogP contribution in [0, 0.1) is 0 Å². The summed E-state index contributed by atoms with van der Waals surface area (Å²) in [5, 5.41) is 0. The molecule has 0 radical (unpaired) electrons. The van der Waals surface area contributed by atoms with Crippen LogP contribution in [0.25, 0.3) is 0 Å². The normalized spacial score (nSPS) is 12.9. The molecule has 0 aromatic heterocycles. The van der Waals surface area contributed by atoms with Crippen LogP contribution < -0.4 is 10.5 Å². The minimum absolute atomic E-state index is 0.00802. The zero-order chi connectivity index (χ0) is 12.1. The topological polar surface area (TPSA) is 35.2 Å². The van der Waals surface area contributed by atoms with E-state index in [0.717, 1.165) is 23.5 Å². The molecule has 1 atom stereocenters. The van der Waals surface area contributed by atoms with Gasteiger partial charge in [-0.3, -0.25) is 0 Å². The molecular weight excluding hydrogens is 218 g/mol. The van der Waals surface area contributed by atoms with Crippen LogP contribution in [-0.4, -0.2) is 12.9 Å². The van der Waals surface area contributed by atoms with Gasteiger partial charge in [0.1, 0.15) is 5.75 Å². The summed E-state index contributed by atoms with van der Waals surface area (Å²) in [5.74, 6) is 2.18. The average Bonchev–Trinajstić information content (AvgIpc) is 2.28. The summed E-state index contributed by atoms with van der Waals surface area (Å²) in [7, 11) is 1.69. The summed E-state index contributed by atoms with van der Waals surface area (Å²) in [6.07, 6.45) is 0.862. The third-order valence-electron chi connectivity index (χ3n) is 2.76. The maximum atomic E-state index is 6.08. The van der Waals surface area contributed by atoms with E-state index < -0.39 is 0 Å². The van der Waals surface area contributed by atoms with Crippen molar-refractivity contribution >= 4 is 12.6 Å². The standard InChI is InChI=1S/C13H21NOS/c1-9(2)10-4-5-11(12(14)6-7-16)13(8-10)15-3/h4-5,8-9,12,16H,6-7,14H2,1-3H3. The molecule has 1 unspecified atom stereocenters. The van der Waals surface area contributed by atoms with E-state index in [2.05, 4.69) is 44.7 Å². The van der Waals surface area contributed by atoms with Gasteiger partial charge >= 0.3 is 0 Å². The fourth-order valence-electron chi connectivity index (χ4n) is 1.69. The van der Waals surface area contributed by atoms with Gasteiger partial charge in [-0.05, 0) is 29.7 Å². The molecule has 0 heterocycles. The molecule has 2 N–H and O–H groups in total. The molecule has 0 amide bonds. The number of benzene rings is 1. The molecule has 1 aromatic rings.